The van der Waals surface area contributed by atoms with E-state index in [2.05, 4.69) is 5.32 Å². The number of methoxy groups -OCH3 is 1. The molecule has 4 heteroatoms. The van der Waals surface area contributed by atoms with E-state index in [1.807, 2.05) is 18.2 Å². The number of ether oxygens (including phenoxy) is 1. The molecule has 0 spiro atoms. The minimum Gasteiger partial charge on any atom is -0.495 e. The molecular weight excluding hydrogens is 236 g/mol. The van der Waals surface area contributed by atoms with Gasteiger partial charge in [-0.15, -0.1) is 0 Å². The zero-order valence-corrected chi connectivity index (χ0v) is 10.8. The van der Waals surface area contributed by atoms with Crippen LogP contribution >= 0.6 is 11.6 Å². The molecule has 1 aliphatic carbocycles. The number of nitrogens with one attached hydrogen (secondary N) is 1. The second kappa shape index (κ2) is 5.61. The molecule has 0 unspecified atom stereocenters. The molecule has 0 bridgehead atoms. The lowest BCUT2D eigenvalue weighted by atomic mass is 9.91. The van der Waals surface area contributed by atoms with Crippen LogP contribution in [0.25, 0.3) is 0 Å². The van der Waals surface area contributed by atoms with Crippen molar-refractivity contribution in [1.29, 1.82) is 0 Å². The smallest absolute Gasteiger partial charge is 0.142 e. The largest absolute Gasteiger partial charge is 0.495 e. The second-order valence-electron chi connectivity index (χ2n) is 4.60. The molecule has 1 saturated carbocycles. The topological polar surface area (TPSA) is 47.3 Å². The van der Waals surface area contributed by atoms with Crippen molar-refractivity contribution in [2.24, 2.45) is 5.73 Å². The number of benzene rings is 1. The highest BCUT2D eigenvalue weighted by Crippen LogP contribution is 2.30. The van der Waals surface area contributed by atoms with E-state index in [0.717, 1.165) is 42.1 Å². The summed E-state index contributed by atoms with van der Waals surface area (Å²) in [7, 11) is 1.67. The Morgan fingerprint density at radius 2 is 2.00 bits per heavy atom. The summed E-state index contributed by atoms with van der Waals surface area (Å²) in [6.45, 7) is 0. The zero-order chi connectivity index (χ0) is 12.3. The molecule has 0 aromatic heterocycles. The normalized spacial score (nSPS) is 24.4. The lowest BCUT2D eigenvalue weighted by Crippen LogP contribution is -2.32. The Morgan fingerprint density at radius 3 is 2.65 bits per heavy atom. The molecule has 0 amide bonds. The van der Waals surface area contributed by atoms with Crippen LogP contribution < -0.4 is 15.8 Å². The summed E-state index contributed by atoms with van der Waals surface area (Å²) in [6.07, 6.45) is 4.38. The Bertz CT molecular complexity index is 376. The van der Waals surface area contributed by atoms with E-state index in [4.69, 9.17) is 22.1 Å². The van der Waals surface area contributed by atoms with Gasteiger partial charge < -0.3 is 15.8 Å². The molecule has 17 heavy (non-hydrogen) atoms. The van der Waals surface area contributed by atoms with E-state index >= 15 is 0 Å². The number of hydrogen-bond donors (Lipinski definition) is 2. The van der Waals surface area contributed by atoms with Crippen molar-refractivity contribution in [3.8, 4) is 5.75 Å². The predicted molar refractivity (Wildman–Crippen MR) is 71.9 cm³/mol. The van der Waals surface area contributed by atoms with Crippen molar-refractivity contribution >= 4 is 17.3 Å². The highest BCUT2D eigenvalue weighted by atomic mass is 35.5. The predicted octanol–water partition coefficient (Wildman–Crippen LogP) is 3.03. The molecule has 3 nitrogen and oxygen atoms in total. The van der Waals surface area contributed by atoms with Gasteiger partial charge in [-0.3, -0.25) is 0 Å². The first kappa shape index (κ1) is 12.5. The summed E-state index contributed by atoms with van der Waals surface area (Å²) in [5, 5.41) is 4.22. The van der Waals surface area contributed by atoms with Crippen LogP contribution in [0.4, 0.5) is 5.69 Å². The molecule has 1 fully saturated rings. The Labute approximate surface area is 107 Å². The van der Waals surface area contributed by atoms with E-state index in [9.17, 15) is 0 Å². The summed E-state index contributed by atoms with van der Waals surface area (Å²) in [6, 6.07) is 6.48. The lowest BCUT2D eigenvalue weighted by molar-refractivity contribution is 0.401. The van der Waals surface area contributed by atoms with Crippen molar-refractivity contribution in [2.45, 2.75) is 37.8 Å². The highest BCUT2D eigenvalue weighted by molar-refractivity contribution is 6.30. The molecule has 1 aliphatic rings. The van der Waals surface area contributed by atoms with Crippen LogP contribution in [0.15, 0.2) is 18.2 Å². The Morgan fingerprint density at radius 1 is 1.29 bits per heavy atom. The van der Waals surface area contributed by atoms with Gasteiger partial charge in [-0.2, -0.15) is 0 Å². The van der Waals surface area contributed by atoms with Crippen molar-refractivity contribution in [1.82, 2.24) is 0 Å². The third kappa shape index (κ3) is 3.27. The van der Waals surface area contributed by atoms with Gasteiger partial charge >= 0.3 is 0 Å². The standard InChI is InChI=1S/C13H19ClN2O/c1-17-13-7-2-9(14)8-12(13)16-11-5-3-10(15)4-6-11/h2,7-8,10-11,16H,3-6,15H2,1H3. The van der Waals surface area contributed by atoms with Crippen molar-refractivity contribution in [3.63, 3.8) is 0 Å². The molecule has 0 aliphatic heterocycles. The van der Waals surface area contributed by atoms with Crippen LogP contribution in [0, 0.1) is 0 Å². The first-order chi connectivity index (χ1) is 8.19. The van der Waals surface area contributed by atoms with E-state index < -0.39 is 0 Å². The van der Waals surface area contributed by atoms with Gasteiger partial charge in [-0.05, 0) is 43.9 Å². The average Bonchev–Trinajstić information content (AvgIpc) is 2.32. The Hall–Kier alpha value is -0.930. The van der Waals surface area contributed by atoms with Crippen molar-refractivity contribution in [2.75, 3.05) is 12.4 Å². The Balaban J connectivity index is 2.04. The number of anilines is 1. The third-order valence-corrected chi connectivity index (χ3v) is 3.53. The monoisotopic (exact) mass is 254 g/mol. The summed E-state index contributed by atoms with van der Waals surface area (Å²) < 4.78 is 5.32. The molecule has 1 aromatic rings. The maximum atomic E-state index is 6.00. The quantitative estimate of drug-likeness (QED) is 0.872. The minimum absolute atomic E-state index is 0.370. The molecule has 1 aromatic carbocycles. The van der Waals surface area contributed by atoms with Gasteiger partial charge in [0.15, 0.2) is 0 Å². The second-order valence-corrected chi connectivity index (χ2v) is 5.04. The Kier molecular flexibility index (Phi) is 4.13. The van der Waals surface area contributed by atoms with E-state index in [-0.39, 0.29) is 0 Å². The first-order valence-corrected chi connectivity index (χ1v) is 6.42. The number of rotatable bonds is 3. The van der Waals surface area contributed by atoms with Crippen LogP contribution in [0.5, 0.6) is 5.75 Å². The van der Waals surface area contributed by atoms with Crippen LogP contribution in [0.3, 0.4) is 0 Å². The van der Waals surface area contributed by atoms with E-state index in [1.165, 1.54) is 0 Å². The van der Waals surface area contributed by atoms with Gasteiger partial charge in [-0.25, -0.2) is 0 Å². The summed E-state index contributed by atoms with van der Waals surface area (Å²) in [5.41, 5.74) is 6.87. The summed E-state index contributed by atoms with van der Waals surface area (Å²) in [4.78, 5) is 0. The van der Waals surface area contributed by atoms with Crippen LogP contribution in [0.2, 0.25) is 5.02 Å². The maximum absolute atomic E-state index is 6.00. The average molecular weight is 255 g/mol. The summed E-state index contributed by atoms with van der Waals surface area (Å²) >= 11 is 6.00. The number of hydrogen-bond acceptors (Lipinski definition) is 3. The molecular formula is C13H19ClN2O. The minimum atomic E-state index is 0.370. The van der Waals surface area contributed by atoms with E-state index in [0.29, 0.717) is 12.1 Å². The molecule has 3 N–H and O–H groups in total. The van der Waals surface area contributed by atoms with Gasteiger partial charge in [0.05, 0.1) is 12.8 Å². The van der Waals surface area contributed by atoms with E-state index in [1.54, 1.807) is 7.11 Å². The van der Waals surface area contributed by atoms with Gasteiger partial charge in [0.2, 0.25) is 0 Å². The molecule has 0 heterocycles. The van der Waals surface area contributed by atoms with Gasteiger partial charge in [0.25, 0.3) is 0 Å². The van der Waals surface area contributed by atoms with Gasteiger partial charge in [-0.1, -0.05) is 11.6 Å². The number of nitrogens with two attached hydrogens (primary N) is 1. The SMILES string of the molecule is COc1ccc(Cl)cc1NC1CCC(N)CC1. The fourth-order valence-corrected chi connectivity index (χ4v) is 2.45. The highest BCUT2D eigenvalue weighted by Gasteiger charge is 2.19. The van der Waals surface area contributed by atoms with Crippen LogP contribution in [-0.4, -0.2) is 19.2 Å². The maximum Gasteiger partial charge on any atom is 0.142 e. The number of halogens is 1. The van der Waals surface area contributed by atoms with Crippen LogP contribution in [-0.2, 0) is 0 Å². The fraction of sp³-hybridized carbons (Fsp3) is 0.538. The summed E-state index contributed by atoms with van der Waals surface area (Å²) in [5.74, 6) is 0.837. The van der Waals surface area contributed by atoms with Crippen molar-refractivity contribution < 1.29 is 4.74 Å². The molecule has 94 valence electrons. The lowest BCUT2D eigenvalue weighted by Gasteiger charge is -2.28. The zero-order valence-electron chi connectivity index (χ0n) is 10.1. The molecule has 0 saturated heterocycles. The fourth-order valence-electron chi connectivity index (χ4n) is 2.28. The van der Waals surface area contributed by atoms with Gasteiger partial charge in [0.1, 0.15) is 5.75 Å². The van der Waals surface area contributed by atoms with Crippen molar-refractivity contribution in [3.05, 3.63) is 23.2 Å². The van der Waals surface area contributed by atoms with Crippen LogP contribution in [0.1, 0.15) is 25.7 Å². The molecule has 0 atom stereocenters. The first-order valence-electron chi connectivity index (χ1n) is 6.04. The molecule has 0 radical (unpaired) electrons. The van der Waals surface area contributed by atoms with Gasteiger partial charge in [0, 0.05) is 17.1 Å². The third-order valence-electron chi connectivity index (χ3n) is 3.29. The molecule has 2 rings (SSSR count).